The van der Waals surface area contributed by atoms with Crippen LogP contribution >= 0.6 is 0 Å². The molecule has 0 saturated carbocycles. The molecule has 1 saturated heterocycles. The average Bonchev–Trinajstić information content (AvgIpc) is 2.57. The van der Waals surface area contributed by atoms with Crippen molar-refractivity contribution in [2.45, 2.75) is 64.0 Å². The third-order valence-electron chi connectivity index (χ3n) is 4.77. The minimum atomic E-state index is -0.656. The SMILES string of the molecule is COCC[C@@H]1CCCCN1C(=O)c1ccc(CCC(C)(C)O)cc1. The number of benzene rings is 1. The Morgan fingerprint density at radius 3 is 2.62 bits per heavy atom. The molecule has 1 aliphatic rings. The lowest BCUT2D eigenvalue weighted by Gasteiger charge is -2.36. The Balaban J connectivity index is 2.00. The molecular weight excluding hydrogens is 302 g/mol. The van der Waals surface area contributed by atoms with Gasteiger partial charge in [-0.25, -0.2) is 0 Å². The zero-order chi connectivity index (χ0) is 17.6. The number of rotatable bonds is 7. The fraction of sp³-hybridized carbons (Fsp3) is 0.650. The fourth-order valence-corrected chi connectivity index (χ4v) is 3.25. The Morgan fingerprint density at radius 1 is 1.29 bits per heavy atom. The molecule has 0 unspecified atom stereocenters. The first-order valence-corrected chi connectivity index (χ1v) is 9.02. The summed E-state index contributed by atoms with van der Waals surface area (Å²) in [6.45, 7) is 5.18. The standard InChI is InChI=1S/C20H31NO3/c1-20(2,23)13-11-16-7-9-17(10-8-16)19(22)21-14-5-4-6-18(21)12-15-24-3/h7-10,18,23H,4-6,11-15H2,1-3H3/t18-/m0/s1. The van der Waals surface area contributed by atoms with Gasteiger partial charge < -0.3 is 14.7 Å². The molecule has 1 atom stereocenters. The Hall–Kier alpha value is -1.39. The van der Waals surface area contributed by atoms with Crippen LogP contribution in [0.5, 0.6) is 0 Å². The van der Waals surface area contributed by atoms with E-state index >= 15 is 0 Å². The van der Waals surface area contributed by atoms with Gasteiger partial charge in [-0.05, 0) is 70.1 Å². The Morgan fingerprint density at radius 2 is 2.00 bits per heavy atom. The van der Waals surface area contributed by atoms with Crippen LogP contribution in [0.3, 0.4) is 0 Å². The lowest BCUT2D eigenvalue weighted by atomic mass is 9.96. The average molecular weight is 333 g/mol. The van der Waals surface area contributed by atoms with Gasteiger partial charge in [-0.2, -0.15) is 0 Å². The normalized spacial score (nSPS) is 18.7. The number of methoxy groups -OCH3 is 1. The molecule has 1 heterocycles. The molecule has 0 bridgehead atoms. The van der Waals surface area contributed by atoms with Crippen LogP contribution in [0, 0.1) is 0 Å². The number of amides is 1. The predicted octanol–water partition coefficient (Wildman–Crippen LogP) is 3.42. The highest BCUT2D eigenvalue weighted by atomic mass is 16.5. The molecule has 0 aliphatic carbocycles. The number of carbonyl (C=O) groups is 1. The van der Waals surface area contributed by atoms with E-state index in [4.69, 9.17) is 4.74 Å². The minimum absolute atomic E-state index is 0.129. The Bertz CT molecular complexity index is 519. The number of nitrogens with zero attached hydrogens (tertiary/aromatic N) is 1. The molecule has 1 aromatic carbocycles. The first kappa shape index (κ1) is 18.9. The summed E-state index contributed by atoms with van der Waals surface area (Å²) >= 11 is 0. The molecule has 1 N–H and O–H groups in total. The van der Waals surface area contributed by atoms with Gasteiger partial charge in [0.05, 0.1) is 5.60 Å². The molecule has 2 rings (SSSR count). The third kappa shape index (κ3) is 5.60. The number of carbonyl (C=O) groups excluding carboxylic acids is 1. The van der Waals surface area contributed by atoms with Crippen molar-refractivity contribution >= 4 is 5.91 Å². The lowest BCUT2D eigenvalue weighted by Crippen LogP contribution is -2.44. The second-order valence-electron chi connectivity index (χ2n) is 7.44. The van der Waals surface area contributed by atoms with Crippen LogP contribution in [0.1, 0.15) is 61.9 Å². The highest BCUT2D eigenvalue weighted by Gasteiger charge is 2.27. The molecule has 4 heteroatoms. The van der Waals surface area contributed by atoms with Gasteiger partial charge in [0, 0.05) is 31.9 Å². The summed E-state index contributed by atoms with van der Waals surface area (Å²) in [5, 5.41) is 9.82. The van der Waals surface area contributed by atoms with Gasteiger partial charge in [0.25, 0.3) is 5.91 Å². The van der Waals surface area contributed by atoms with E-state index in [1.165, 1.54) is 6.42 Å². The maximum Gasteiger partial charge on any atom is 0.254 e. The Kier molecular flexibility index (Phi) is 6.81. The van der Waals surface area contributed by atoms with Gasteiger partial charge in [-0.1, -0.05) is 12.1 Å². The number of aliphatic hydroxyl groups is 1. The van der Waals surface area contributed by atoms with Crippen LogP contribution in [-0.2, 0) is 11.2 Å². The number of piperidine rings is 1. The van der Waals surface area contributed by atoms with Crippen molar-refractivity contribution in [3.05, 3.63) is 35.4 Å². The summed E-state index contributed by atoms with van der Waals surface area (Å²) in [4.78, 5) is 14.9. The number of hydrogen-bond donors (Lipinski definition) is 1. The highest BCUT2D eigenvalue weighted by Crippen LogP contribution is 2.22. The molecule has 1 aromatic rings. The molecule has 134 valence electrons. The van der Waals surface area contributed by atoms with Crippen molar-refractivity contribution in [2.75, 3.05) is 20.3 Å². The van der Waals surface area contributed by atoms with Gasteiger partial charge in [0.1, 0.15) is 0 Å². The smallest absolute Gasteiger partial charge is 0.254 e. The van der Waals surface area contributed by atoms with Crippen LogP contribution < -0.4 is 0 Å². The van der Waals surface area contributed by atoms with Crippen molar-refractivity contribution in [1.29, 1.82) is 0 Å². The van der Waals surface area contributed by atoms with E-state index < -0.39 is 5.60 Å². The number of ether oxygens (including phenoxy) is 1. The number of hydrogen-bond acceptors (Lipinski definition) is 3. The third-order valence-corrected chi connectivity index (χ3v) is 4.77. The molecule has 1 amide bonds. The summed E-state index contributed by atoms with van der Waals surface area (Å²) in [7, 11) is 1.71. The molecule has 1 aliphatic heterocycles. The zero-order valence-corrected chi connectivity index (χ0v) is 15.3. The van der Waals surface area contributed by atoms with Crippen molar-refractivity contribution < 1.29 is 14.6 Å². The van der Waals surface area contributed by atoms with Crippen LogP contribution in [0.2, 0.25) is 0 Å². The largest absolute Gasteiger partial charge is 0.390 e. The van der Waals surface area contributed by atoms with E-state index in [0.717, 1.165) is 43.4 Å². The van der Waals surface area contributed by atoms with Gasteiger partial charge in [-0.3, -0.25) is 4.79 Å². The molecule has 0 spiro atoms. The van der Waals surface area contributed by atoms with Crippen LogP contribution in [0.15, 0.2) is 24.3 Å². The summed E-state index contributed by atoms with van der Waals surface area (Å²) in [6.07, 6.45) is 5.78. The first-order chi connectivity index (χ1) is 11.4. The molecular formula is C20H31NO3. The summed E-state index contributed by atoms with van der Waals surface area (Å²) in [5.74, 6) is 0.129. The van der Waals surface area contributed by atoms with E-state index in [0.29, 0.717) is 19.1 Å². The van der Waals surface area contributed by atoms with Gasteiger partial charge in [-0.15, -0.1) is 0 Å². The summed E-state index contributed by atoms with van der Waals surface area (Å²) < 4.78 is 5.19. The van der Waals surface area contributed by atoms with E-state index in [2.05, 4.69) is 0 Å². The van der Waals surface area contributed by atoms with Gasteiger partial charge >= 0.3 is 0 Å². The second kappa shape index (κ2) is 8.63. The quantitative estimate of drug-likeness (QED) is 0.832. The fourth-order valence-electron chi connectivity index (χ4n) is 3.25. The van der Waals surface area contributed by atoms with Gasteiger partial charge in [0.15, 0.2) is 0 Å². The minimum Gasteiger partial charge on any atom is -0.390 e. The molecule has 0 radical (unpaired) electrons. The summed E-state index contributed by atoms with van der Waals surface area (Å²) in [5.41, 5.74) is 1.26. The van der Waals surface area contributed by atoms with E-state index in [1.54, 1.807) is 7.11 Å². The molecule has 0 aromatic heterocycles. The van der Waals surface area contributed by atoms with Gasteiger partial charge in [0.2, 0.25) is 0 Å². The molecule has 4 nitrogen and oxygen atoms in total. The highest BCUT2D eigenvalue weighted by molar-refractivity contribution is 5.94. The predicted molar refractivity (Wildman–Crippen MR) is 96.2 cm³/mol. The number of aryl methyl sites for hydroxylation is 1. The first-order valence-electron chi connectivity index (χ1n) is 9.02. The van der Waals surface area contributed by atoms with E-state index in [-0.39, 0.29) is 5.91 Å². The van der Waals surface area contributed by atoms with Crippen LogP contribution in [-0.4, -0.2) is 47.8 Å². The number of likely N-dealkylation sites (tertiary alicyclic amines) is 1. The topological polar surface area (TPSA) is 49.8 Å². The second-order valence-corrected chi connectivity index (χ2v) is 7.44. The monoisotopic (exact) mass is 333 g/mol. The molecule has 24 heavy (non-hydrogen) atoms. The summed E-state index contributed by atoms with van der Waals surface area (Å²) in [6, 6.07) is 8.15. The maximum atomic E-state index is 12.8. The van der Waals surface area contributed by atoms with Crippen LogP contribution in [0.25, 0.3) is 0 Å². The van der Waals surface area contributed by atoms with E-state index in [9.17, 15) is 9.90 Å². The molecule has 1 fully saturated rings. The van der Waals surface area contributed by atoms with E-state index in [1.807, 2.05) is 43.0 Å². The van der Waals surface area contributed by atoms with Crippen molar-refractivity contribution in [3.63, 3.8) is 0 Å². The lowest BCUT2D eigenvalue weighted by molar-refractivity contribution is 0.0552. The van der Waals surface area contributed by atoms with Crippen molar-refractivity contribution in [2.24, 2.45) is 0 Å². The van der Waals surface area contributed by atoms with Crippen molar-refractivity contribution in [3.8, 4) is 0 Å². The van der Waals surface area contributed by atoms with Crippen molar-refractivity contribution in [1.82, 2.24) is 4.90 Å². The zero-order valence-electron chi connectivity index (χ0n) is 15.3. The van der Waals surface area contributed by atoms with Crippen LogP contribution in [0.4, 0.5) is 0 Å². The Labute approximate surface area is 145 Å². The maximum absolute atomic E-state index is 12.8.